The number of hydrogen-bond donors (Lipinski definition) is 1. The van der Waals surface area contributed by atoms with Crippen LogP contribution in [0.5, 0.6) is 0 Å². The van der Waals surface area contributed by atoms with E-state index in [2.05, 4.69) is 59.3 Å². The molecule has 1 atom stereocenters. The van der Waals surface area contributed by atoms with E-state index in [1.54, 1.807) is 0 Å². The molecule has 144 valence electrons. The van der Waals surface area contributed by atoms with Gasteiger partial charge in [-0.25, -0.2) is 0 Å². The van der Waals surface area contributed by atoms with E-state index in [1.807, 2.05) is 18.8 Å². The highest BCUT2D eigenvalue weighted by Gasteiger charge is 2.19. The number of nitrogens with zero attached hydrogens (tertiary/aromatic N) is 5. The van der Waals surface area contributed by atoms with Crippen LogP contribution >= 0.6 is 24.0 Å². The van der Waals surface area contributed by atoms with Crippen LogP contribution in [0.2, 0.25) is 0 Å². The van der Waals surface area contributed by atoms with Crippen molar-refractivity contribution < 1.29 is 0 Å². The molecule has 2 heterocycles. The molecule has 0 amide bonds. The zero-order valence-electron chi connectivity index (χ0n) is 16.6. The number of aliphatic imine (C=N–C) groups is 1. The quantitative estimate of drug-likeness (QED) is 0.415. The topological polar surface area (TPSA) is 48.7 Å². The van der Waals surface area contributed by atoms with E-state index < -0.39 is 0 Å². The van der Waals surface area contributed by atoms with Gasteiger partial charge in [0.1, 0.15) is 0 Å². The summed E-state index contributed by atoms with van der Waals surface area (Å²) >= 11 is 0. The Balaban J connectivity index is 0.00000312. The van der Waals surface area contributed by atoms with E-state index in [-0.39, 0.29) is 24.0 Å². The molecular weight excluding hydrogens is 427 g/mol. The summed E-state index contributed by atoms with van der Waals surface area (Å²) in [6, 6.07) is 0. The second-order valence-corrected chi connectivity index (χ2v) is 7.42. The largest absolute Gasteiger partial charge is 0.356 e. The number of hydrogen-bond acceptors (Lipinski definition) is 3. The molecule has 1 aromatic rings. The zero-order chi connectivity index (χ0) is 17.7. The summed E-state index contributed by atoms with van der Waals surface area (Å²) in [7, 11) is 8.16. The van der Waals surface area contributed by atoms with Crippen LogP contribution < -0.4 is 5.32 Å². The molecular formula is C18H35IN6. The highest BCUT2D eigenvalue weighted by atomic mass is 127. The molecule has 1 N–H and O–H groups in total. The van der Waals surface area contributed by atoms with Crippen molar-refractivity contribution in [2.24, 2.45) is 18.0 Å². The standard InChI is InChI=1S/C18H34N6.HI/c1-14(2)17-16(13-24(6)21-17)12-23(5)18(19-3)20-10-15-8-7-9-22(4)11-15;/h13-15H,7-12H2,1-6H3,(H,19,20);1H. The Morgan fingerprint density at radius 3 is 2.76 bits per heavy atom. The predicted molar refractivity (Wildman–Crippen MR) is 116 cm³/mol. The van der Waals surface area contributed by atoms with Crippen molar-refractivity contribution in [3.8, 4) is 0 Å². The van der Waals surface area contributed by atoms with Crippen molar-refractivity contribution in [1.82, 2.24) is 24.9 Å². The highest BCUT2D eigenvalue weighted by Crippen LogP contribution is 2.19. The van der Waals surface area contributed by atoms with Crippen LogP contribution in [0.3, 0.4) is 0 Å². The molecule has 1 aromatic heterocycles. The van der Waals surface area contributed by atoms with Gasteiger partial charge in [0.25, 0.3) is 0 Å². The lowest BCUT2D eigenvalue weighted by Gasteiger charge is -2.31. The lowest BCUT2D eigenvalue weighted by atomic mass is 9.98. The highest BCUT2D eigenvalue weighted by molar-refractivity contribution is 14.0. The third kappa shape index (κ3) is 6.44. The summed E-state index contributed by atoms with van der Waals surface area (Å²) in [6.45, 7) is 8.60. The summed E-state index contributed by atoms with van der Waals surface area (Å²) < 4.78 is 1.91. The van der Waals surface area contributed by atoms with Crippen LogP contribution in [-0.4, -0.2) is 66.3 Å². The summed E-state index contributed by atoms with van der Waals surface area (Å²) in [4.78, 5) is 9.07. The molecule has 1 fully saturated rings. The van der Waals surface area contributed by atoms with Gasteiger partial charge >= 0.3 is 0 Å². The Labute approximate surface area is 170 Å². The summed E-state index contributed by atoms with van der Waals surface area (Å²) in [6.07, 6.45) is 4.72. The number of likely N-dealkylation sites (tertiary alicyclic amines) is 1. The lowest BCUT2D eigenvalue weighted by Crippen LogP contribution is -2.44. The van der Waals surface area contributed by atoms with Gasteiger partial charge in [-0.05, 0) is 38.3 Å². The fourth-order valence-corrected chi connectivity index (χ4v) is 3.55. The first-order valence-corrected chi connectivity index (χ1v) is 9.03. The zero-order valence-corrected chi connectivity index (χ0v) is 18.9. The molecule has 6 nitrogen and oxygen atoms in total. The van der Waals surface area contributed by atoms with E-state index in [1.165, 1.54) is 37.2 Å². The van der Waals surface area contributed by atoms with Gasteiger partial charge in [-0.2, -0.15) is 5.10 Å². The molecule has 0 radical (unpaired) electrons. The van der Waals surface area contributed by atoms with Gasteiger partial charge in [-0.3, -0.25) is 9.67 Å². The van der Waals surface area contributed by atoms with Crippen LogP contribution in [-0.2, 0) is 13.6 Å². The molecule has 0 aromatic carbocycles. The van der Waals surface area contributed by atoms with Crippen molar-refractivity contribution >= 4 is 29.9 Å². The minimum absolute atomic E-state index is 0. The Morgan fingerprint density at radius 2 is 2.16 bits per heavy atom. The molecule has 1 saturated heterocycles. The van der Waals surface area contributed by atoms with Crippen LogP contribution in [0.25, 0.3) is 0 Å². The van der Waals surface area contributed by atoms with Crippen LogP contribution in [0.1, 0.15) is 43.9 Å². The first-order valence-electron chi connectivity index (χ1n) is 9.03. The molecule has 1 unspecified atom stereocenters. The van der Waals surface area contributed by atoms with Crippen LogP contribution in [0.4, 0.5) is 0 Å². The van der Waals surface area contributed by atoms with E-state index in [9.17, 15) is 0 Å². The van der Waals surface area contributed by atoms with Gasteiger partial charge in [0.05, 0.1) is 5.69 Å². The number of guanidine groups is 1. The number of aromatic nitrogens is 2. The Kier molecular flexibility index (Phi) is 9.20. The Hall–Kier alpha value is -0.830. The van der Waals surface area contributed by atoms with Crippen molar-refractivity contribution in [2.75, 3.05) is 40.8 Å². The van der Waals surface area contributed by atoms with Crippen molar-refractivity contribution in [2.45, 2.75) is 39.2 Å². The van der Waals surface area contributed by atoms with E-state index >= 15 is 0 Å². The van der Waals surface area contributed by atoms with Gasteiger partial charge < -0.3 is 15.1 Å². The third-order valence-electron chi connectivity index (χ3n) is 4.74. The van der Waals surface area contributed by atoms with E-state index in [4.69, 9.17) is 0 Å². The minimum Gasteiger partial charge on any atom is -0.356 e. The monoisotopic (exact) mass is 462 g/mol. The molecule has 0 bridgehead atoms. The number of nitrogens with one attached hydrogen (secondary N) is 1. The second kappa shape index (κ2) is 10.4. The van der Waals surface area contributed by atoms with Crippen LogP contribution in [0, 0.1) is 5.92 Å². The molecule has 2 rings (SSSR count). The molecule has 1 aliphatic heterocycles. The number of halogens is 1. The van der Waals surface area contributed by atoms with E-state index in [0.29, 0.717) is 11.8 Å². The average Bonchev–Trinajstić information content (AvgIpc) is 2.88. The molecule has 25 heavy (non-hydrogen) atoms. The fourth-order valence-electron chi connectivity index (χ4n) is 3.55. The summed E-state index contributed by atoms with van der Waals surface area (Å²) in [5, 5.41) is 8.16. The third-order valence-corrected chi connectivity index (χ3v) is 4.74. The van der Waals surface area contributed by atoms with Gasteiger partial charge in [-0.15, -0.1) is 24.0 Å². The fraction of sp³-hybridized carbons (Fsp3) is 0.778. The van der Waals surface area contributed by atoms with Crippen molar-refractivity contribution in [1.29, 1.82) is 0 Å². The molecule has 0 spiro atoms. The average molecular weight is 462 g/mol. The maximum Gasteiger partial charge on any atom is 0.193 e. The van der Waals surface area contributed by atoms with Crippen molar-refractivity contribution in [3.05, 3.63) is 17.5 Å². The normalized spacial score (nSPS) is 19.0. The van der Waals surface area contributed by atoms with Gasteiger partial charge in [0.15, 0.2) is 5.96 Å². The second-order valence-electron chi connectivity index (χ2n) is 7.42. The number of piperidine rings is 1. The molecule has 1 aliphatic rings. The lowest BCUT2D eigenvalue weighted by molar-refractivity contribution is 0.209. The SMILES string of the molecule is CN=C(NCC1CCCN(C)C1)N(C)Cc1cn(C)nc1C(C)C.I. The van der Waals surface area contributed by atoms with Crippen molar-refractivity contribution in [3.63, 3.8) is 0 Å². The molecule has 0 aliphatic carbocycles. The summed E-state index contributed by atoms with van der Waals surface area (Å²) in [5.41, 5.74) is 2.45. The number of aryl methyl sites for hydroxylation is 1. The van der Waals surface area contributed by atoms with Gasteiger partial charge in [0, 0.05) is 52.5 Å². The summed E-state index contributed by atoms with van der Waals surface area (Å²) in [5.74, 6) is 2.10. The maximum absolute atomic E-state index is 4.60. The Bertz CT molecular complexity index is 554. The smallest absolute Gasteiger partial charge is 0.193 e. The number of rotatable bonds is 5. The van der Waals surface area contributed by atoms with Crippen LogP contribution in [0.15, 0.2) is 11.2 Å². The van der Waals surface area contributed by atoms with Gasteiger partial charge in [0.2, 0.25) is 0 Å². The first kappa shape index (κ1) is 22.2. The Morgan fingerprint density at radius 1 is 1.44 bits per heavy atom. The van der Waals surface area contributed by atoms with E-state index in [0.717, 1.165) is 19.0 Å². The first-order chi connectivity index (χ1) is 11.4. The predicted octanol–water partition coefficient (Wildman–Crippen LogP) is 2.51. The maximum atomic E-state index is 4.60. The molecule has 7 heteroatoms. The van der Waals surface area contributed by atoms with Gasteiger partial charge in [-0.1, -0.05) is 13.8 Å². The molecule has 0 saturated carbocycles. The minimum atomic E-state index is 0.